The van der Waals surface area contributed by atoms with Crippen LogP contribution in [0.1, 0.15) is 25.7 Å². The molecule has 0 saturated heterocycles. The van der Waals surface area contributed by atoms with E-state index in [0.717, 1.165) is 19.3 Å². The second-order valence-electron chi connectivity index (χ2n) is 8.28. The number of phenolic OH excluding ortho intramolecular Hbond substituents is 1. The molecule has 5 rings (SSSR count). The number of rotatable bonds is 4. The van der Waals surface area contributed by atoms with Crippen LogP contribution in [0.2, 0.25) is 0 Å². The molecule has 3 aromatic rings. The standard InChI is InChI=1S/C22H22F2N4O2/c1-28-11-14(10-25-28)15-9-19(29)16(8-17(15)23)18-4-5-21(27-26-18)30-20-7-12-2-3-13(6-12)22(20)24/h4-5,8-13,20,22,29H,2-3,6-7H2,1H3/t12-,13+,20+,22-/m0/s1. The van der Waals surface area contributed by atoms with Crippen molar-refractivity contribution in [3.05, 3.63) is 42.5 Å². The summed E-state index contributed by atoms with van der Waals surface area (Å²) in [5, 5.41) is 22.5. The summed E-state index contributed by atoms with van der Waals surface area (Å²) in [4.78, 5) is 0. The molecular weight excluding hydrogens is 390 g/mol. The van der Waals surface area contributed by atoms with Crippen molar-refractivity contribution in [1.29, 1.82) is 0 Å². The van der Waals surface area contributed by atoms with Crippen molar-refractivity contribution in [2.24, 2.45) is 18.9 Å². The molecule has 0 spiro atoms. The molecular formula is C22H22F2N4O2. The summed E-state index contributed by atoms with van der Waals surface area (Å²) in [6, 6.07) is 5.74. The van der Waals surface area contributed by atoms with Crippen LogP contribution in [0, 0.1) is 17.7 Å². The van der Waals surface area contributed by atoms with E-state index in [2.05, 4.69) is 15.3 Å². The lowest BCUT2D eigenvalue weighted by molar-refractivity contribution is 0.0223. The zero-order valence-corrected chi connectivity index (χ0v) is 16.5. The van der Waals surface area contributed by atoms with Crippen molar-refractivity contribution < 1.29 is 18.6 Å². The van der Waals surface area contributed by atoms with Gasteiger partial charge in [-0.05, 0) is 55.7 Å². The minimum Gasteiger partial charge on any atom is -0.507 e. The van der Waals surface area contributed by atoms with Crippen LogP contribution < -0.4 is 4.74 Å². The minimum atomic E-state index is -0.983. The molecule has 8 heteroatoms. The Labute approximate surface area is 172 Å². The van der Waals surface area contributed by atoms with Gasteiger partial charge in [0.25, 0.3) is 0 Å². The van der Waals surface area contributed by atoms with Gasteiger partial charge in [0.15, 0.2) is 0 Å². The number of aromatic nitrogens is 4. The van der Waals surface area contributed by atoms with E-state index < -0.39 is 18.1 Å². The van der Waals surface area contributed by atoms with Gasteiger partial charge in [-0.2, -0.15) is 5.10 Å². The maximum Gasteiger partial charge on any atom is 0.233 e. The topological polar surface area (TPSA) is 73.1 Å². The van der Waals surface area contributed by atoms with E-state index in [9.17, 15) is 13.9 Å². The van der Waals surface area contributed by atoms with E-state index >= 15 is 0 Å². The second-order valence-corrected chi connectivity index (χ2v) is 8.28. The third-order valence-corrected chi connectivity index (χ3v) is 6.24. The number of aryl methyl sites for hydroxylation is 1. The fourth-order valence-corrected chi connectivity index (χ4v) is 4.72. The van der Waals surface area contributed by atoms with Crippen LogP contribution in [0.5, 0.6) is 11.6 Å². The molecule has 30 heavy (non-hydrogen) atoms. The Bertz CT molecular complexity index is 1070. The molecule has 2 heterocycles. The lowest BCUT2D eigenvalue weighted by Gasteiger charge is -2.31. The molecule has 0 unspecified atom stereocenters. The fourth-order valence-electron chi connectivity index (χ4n) is 4.72. The van der Waals surface area contributed by atoms with E-state index in [-0.39, 0.29) is 28.7 Å². The first-order valence-electron chi connectivity index (χ1n) is 10.1. The van der Waals surface area contributed by atoms with Gasteiger partial charge in [0.05, 0.1) is 11.9 Å². The fraction of sp³-hybridized carbons (Fsp3) is 0.409. The molecule has 2 aromatic heterocycles. The number of alkyl halides is 1. The summed E-state index contributed by atoms with van der Waals surface area (Å²) in [5.41, 5.74) is 1.34. The number of phenols is 1. The predicted molar refractivity (Wildman–Crippen MR) is 106 cm³/mol. The van der Waals surface area contributed by atoms with Gasteiger partial charge < -0.3 is 9.84 Å². The summed E-state index contributed by atoms with van der Waals surface area (Å²) in [6.07, 6.45) is 5.35. The zero-order chi connectivity index (χ0) is 20.8. The summed E-state index contributed by atoms with van der Waals surface area (Å²) in [7, 11) is 1.73. The van der Waals surface area contributed by atoms with Gasteiger partial charge in [-0.3, -0.25) is 4.68 Å². The average Bonchev–Trinajstić information content (AvgIpc) is 3.35. The largest absolute Gasteiger partial charge is 0.507 e. The molecule has 2 fully saturated rings. The number of hydrogen-bond acceptors (Lipinski definition) is 5. The van der Waals surface area contributed by atoms with Crippen molar-refractivity contribution >= 4 is 0 Å². The molecule has 156 valence electrons. The lowest BCUT2D eigenvalue weighted by Crippen LogP contribution is -2.38. The Morgan fingerprint density at radius 1 is 1.13 bits per heavy atom. The Kier molecular flexibility index (Phi) is 4.64. The number of fused-ring (bicyclic) bond motifs is 2. The highest BCUT2D eigenvalue weighted by Gasteiger charge is 2.43. The van der Waals surface area contributed by atoms with Crippen molar-refractivity contribution in [1.82, 2.24) is 20.0 Å². The number of nitrogens with zero attached hydrogens (tertiary/aromatic N) is 4. The van der Waals surface area contributed by atoms with E-state index in [1.54, 1.807) is 30.1 Å². The quantitative estimate of drug-likeness (QED) is 0.692. The first-order valence-corrected chi connectivity index (χ1v) is 10.1. The first kappa shape index (κ1) is 19.0. The van der Waals surface area contributed by atoms with Crippen LogP contribution in [0.15, 0.2) is 36.7 Å². The smallest absolute Gasteiger partial charge is 0.233 e. The van der Waals surface area contributed by atoms with Crippen LogP contribution in [-0.4, -0.2) is 37.4 Å². The van der Waals surface area contributed by atoms with Crippen molar-refractivity contribution in [3.63, 3.8) is 0 Å². The lowest BCUT2D eigenvalue weighted by atomic mass is 9.85. The van der Waals surface area contributed by atoms with Gasteiger partial charge in [0, 0.05) is 36.0 Å². The number of ether oxygens (including phenoxy) is 1. The third-order valence-electron chi connectivity index (χ3n) is 6.24. The van der Waals surface area contributed by atoms with Gasteiger partial charge in [-0.15, -0.1) is 10.2 Å². The second kappa shape index (κ2) is 7.34. The summed E-state index contributed by atoms with van der Waals surface area (Å²) in [6.45, 7) is 0. The molecule has 2 aliphatic rings. The van der Waals surface area contributed by atoms with Crippen molar-refractivity contribution in [2.75, 3.05) is 0 Å². The maximum absolute atomic E-state index is 14.7. The van der Waals surface area contributed by atoms with E-state index in [1.807, 2.05) is 0 Å². The Morgan fingerprint density at radius 3 is 2.73 bits per heavy atom. The van der Waals surface area contributed by atoms with Crippen LogP contribution in [-0.2, 0) is 7.05 Å². The molecule has 0 amide bonds. The number of hydrogen-bond donors (Lipinski definition) is 1. The van der Waals surface area contributed by atoms with E-state index in [1.165, 1.54) is 18.3 Å². The normalized spacial score (nSPS) is 25.4. The zero-order valence-electron chi connectivity index (χ0n) is 16.5. The highest BCUT2D eigenvalue weighted by atomic mass is 19.1. The molecule has 6 nitrogen and oxygen atoms in total. The SMILES string of the molecule is Cn1cc(-c2cc(O)c(-c3ccc(O[C@@H]4C[C@H]5CC[C@H](C5)[C@@H]4F)nn3)cc2F)cn1. The summed E-state index contributed by atoms with van der Waals surface area (Å²) < 4.78 is 36.6. The van der Waals surface area contributed by atoms with Gasteiger partial charge in [0.1, 0.15) is 23.8 Å². The molecule has 1 N–H and O–H groups in total. The maximum atomic E-state index is 14.7. The molecule has 0 aliphatic heterocycles. The minimum absolute atomic E-state index is 0.0826. The van der Waals surface area contributed by atoms with Gasteiger partial charge >= 0.3 is 0 Å². The number of benzene rings is 1. The van der Waals surface area contributed by atoms with E-state index in [4.69, 9.17) is 4.74 Å². The van der Waals surface area contributed by atoms with E-state index in [0.29, 0.717) is 23.6 Å². The van der Waals surface area contributed by atoms with Gasteiger partial charge in [0.2, 0.25) is 5.88 Å². The monoisotopic (exact) mass is 412 g/mol. The van der Waals surface area contributed by atoms with Gasteiger partial charge in [-0.1, -0.05) is 0 Å². The molecule has 2 saturated carbocycles. The third kappa shape index (κ3) is 3.40. The molecule has 2 bridgehead atoms. The van der Waals surface area contributed by atoms with Crippen LogP contribution in [0.3, 0.4) is 0 Å². The molecule has 4 atom stereocenters. The number of halogens is 2. The average molecular weight is 412 g/mol. The van der Waals surface area contributed by atoms with Crippen LogP contribution >= 0.6 is 0 Å². The van der Waals surface area contributed by atoms with Crippen molar-refractivity contribution in [3.8, 4) is 34.0 Å². The molecule has 2 aliphatic carbocycles. The highest BCUT2D eigenvalue weighted by molar-refractivity contribution is 5.74. The Balaban J connectivity index is 1.36. The molecule has 0 radical (unpaired) electrons. The summed E-state index contributed by atoms with van der Waals surface area (Å²) in [5.74, 6) is 0.220. The van der Waals surface area contributed by atoms with Crippen LogP contribution in [0.25, 0.3) is 22.4 Å². The summed E-state index contributed by atoms with van der Waals surface area (Å²) >= 11 is 0. The Morgan fingerprint density at radius 2 is 2.00 bits per heavy atom. The van der Waals surface area contributed by atoms with Crippen molar-refractivity contribution in [2.45, 2.75) is 38.0 Å². The van der Waals surface area contributed by atoms with Gasteiger partial charge in [-0.25, -0.2) is 8.78 Å². The molecule has 1 aromatic carbocycles. The predicted octanol–water partition coefficient (Wildman–Crippen LogP) is 4.29. The highest BCUT2D eigenvalue weighted by Crippen LogP contribution is 2.44. The van der Waals surface area contributed by atoms with Crippen LogP contribution in [0.4, 0.5) is 8.78 Å². The first-order chi connectivity index (χ1) is 14.5. The number of aromatic hydroxyl groups is 1. The Hall–Kier alpha value is -3.03.